The van der Waals surface area contributed by atoms with Crippen molar-refractivity contribution in [1.29, 1.82) is 0 Å². The Morgan fingerprint density at radius 1 is 1.15 bits per heavy atom. The molecule has 0 radical (unpaired) electrons. The van der Waals surface area contributed by atoms with Gasteiger partial charge >= 0.3 is 5.97 Å². The van der Waals surface area contributed by atoms with Crippen molar-refractivity contribution in [3.8, 4) is 5.75 Å². The van der Waals surface area contributed by atoms with Crippen molar-refractivity contribution in [2.75, 3.05) is 14.2 Å². The number of benzene rings is 1. The van der Waals surface area contributed by atoms with Crippen molar-refractivity contribution >= 4 is 17.5 Å². The number of rotatable bonds is 6. The third-order valence-electron chi connectivity index (χ3n) is 4.35. The van der Waals surface area contributed by atoms with Gasteiger partial charge in [-0.15, -0.1) is 0 Å². The fourth-order valence-corrected chi connectivity index (χ4v) is 2.83. The maximum Gasteiger partial charge on any atom is 0.307 e. The molecule has 1 aromatic carbocycles. The molecular formula is C20H21N3O4. The maximum absolute atomic E-state index is 12.7. The summed E-state index contributed by atoms with van der Waals surface area (Å²) in [7, 11) is 2.90. The Hall–Kier alpha value is -3.35. The smallest absolute Gasteiger partial charge is 0.307 e. The van der Waals surface area contributed by atoms with Crippen LogP contribution in [0.2, 0.25) is 0 Å². The minimum atomic E-state index is -0.540. The Kier molecular flexibility index (Phi) is 5.40. The molecule has 0 saturated heterocycles. The van der Waals surface area contributed by atoms with E-state index in [-0.39, 0.29) is 18.0 Å². The topological polar surface area (TPSA) is 81.9 Å². The molecule has 0 aliphatic rings. The molecule has 1 amide bonds. The molecule has 3 aromatic rings. The number of amides is 1. The van der Waals surface area contributed by atoms with Crippen LogP contribution < -0.4 is 10.1 Å². The zero-order valence-electron chi connectivity index (χ0n) is 15.4. The highest BCUT2D eigenvalue weighted by atomic mass is 16.5. The summed E-state index contributed by atoms with van der Waals surface area (Å²) in [5.74, 6) is -0.0810. The SMILES string of the molecule is COC(=O)C[C@@H](NC(=O)c1cn2c(C)cccc2n1)c1ccc(OC)cc1. The first-order valence-corrected chi connectivity index (χ1v) is 8.48. The molecule has 7 nitrogen and oxygen atoms in total. The Labute approximate surface area is 156 Å². The fraction of sp³-hybridized carbons (Fsp3) is 0.250. The Balaban J connectivity index is 1.86. The van der Waals surface area contributed by atoms with Gasteiger partial charge in [-0.3, -0.25) is 9.59 Å². The van der Waals surface area contributed by atoms with Crippen LogP contribution >= 0.6 is 0 Å². The zero-order chi connectivity index (χ0) is 19.4. The van der Waals surface area contributed by atoms with Gasteiger partial charge in [0.15, 0.2) is 0 Å². The lowest BCUT2D eigenvalue weighted by Crippen LogP contribution is -2.30. The first-order chi connectivity index (χ1) is 13.0. The van der Waals surface area contributed by atoms with Gasteiger partial charge in [0, 0.05) is 11.9 Å². The van der Waals surface area contributed by atoms with Crippen LogP contribution in [0.3, 0.4) is 0 Å². The monoisotopic (exact) mass is 367 g/mol. The summed E-state index contributed by atoms with van der Waals surface area (Å²) in [5.41, 5.74) is 2.72. The number of carbonyl (C=O) groups excluding carboxylic acids is 2. The summed E-state index contributed by atoms with van der Waals surface area (Å²) in [5, 5.41) is 2.88. The number of fused-ring (bicyclic) bond motifs is 1. The van der Waals surface area contributed by atoms with Gasteiger partial charge in [-0.1, -0.05) is 18.2 Å². The molecule has 2 heterocycles. The van der Waals surface area contributed by atoms with E-state index in [1.54, 1.807) is 37.6 Å². The van der Waals surface area contributed by atoms with Crippen LogP contribution in [0.25, 0.3) is 5.65 Å². The lowest BCUT2D eigenvalue weighted by molar-refractivity contribution is -0.141. The molecule has 0 unspecified atom stereocenters. The van der Waals surface area contributed by atoms with Gasteiger partial charge in [-0.25, -0.2) is 4.98 Å². The molecule has 0 bridgehead atoms. The van der Waals surface area contributed by atoms with E-state index in [9.17, 15) is 9.59 Å². The predicted molar refractivity (Wildman–Crippen MR) is 99.8 cm³/mol. The number of nitrogens with zero attached hydrogens (tertiary/aromatic N) is 2. The second-order valence-corrected chi connectivity index (χ2v) is 6.10. The van der Waals surface area contributed by atoms with Crippen LogP contribution in [0.5, 0.6) is 5.75 Å². The third kappa shape index (κ3) is 4.08. The third-order valence-corrected chi connectivity index (χ3v) is 4.35. The molecule has 0 fully saturated rings. The van der Waals surface area contributed by atoms with Crippen LogP contribution in [0.15, 0.2) is 48.7 Å². The van der Waals surface area contributed by atoms with E-state index in [0.717, 1.165) is 11.3 Å². The maximum atomic E-state index is 12.7. The summed E-state index contributed by atoms with van der Waals surface area (Å²) >= 11 is 0. The van der Waals surface area contributed by atoms with E-state index in [1.807, 2.05) is 29.5 Å². The van der Waals surface area contributed by atoms with E-state index >= 15 is 0 Å². The number of aromatic nitrogens is 2. The van der Waals surface area contributed by atoms with Gasteiger partial charge in [0.25, 0.3) is 5.91 Å². The summed E-state index contributed by atoms with van der Waals surface area (Å²) in [4.78, 5) is 28.9. The summed E-state index contributed by atoms with van der Waals surface area (Å²) in [6, 6.07) is 12.3. The van der Waals surface area contributed by atoms with Crippen LogP contribution in [-0.4, -0.2) is 35.5 Å². The van der Waals surface area contributed by atoms with E-state index in [0.29, 0.717) is 11.4 Å². The second-order valence-electron chi connectivity index (χ2n) is 6.10. The van der Waals surface area contributed by atoms with Gasteiger partial charge in [0.1, 0.15) is 17.1 Å². The molecule has 140 valence electrons. The van der Waals surface area contributed by atoms with Crippen LogP contribution in [0, 0.1) is 6.92 Å². The number of nitrogens with one attached hydrogen (secondary N) is 1. The molecule has 27 heavy (non-hydrogen) atoms. The highest BCUT2D eigenvalue weighted by Gasteiger charge is 2.21. The average Bonchev–Trinajstić information content (AvgIpc) is 3.13. The van der Waals surface area contributed by atoms with Gasteiger partial charge < -0.3 is 19.2 Å². The Morgan fingerprint density at radius 3 is 2.52 bits per heavy atom. The largest absolute Gasteiger partial charge is 0.497 e. The quantitative estimate of drug-likeness (QED) is 0.678. The van der Waals surface area contributed by atoms with E-state index in [1.165, 1.54) is 7.11 Å². The molecule has 1 atom stereocenters. The predicted octanol–water partition coefficient (Wildman–Crippen LogP) is 2.69. The standard InChI is InChI=1S/C20H21N3O4/c1-13-5-4-6-18-21-17(12-23(13)18)20(25)22-16(11-19(24)27-3)14-7-9-15(26-2)10-8-14/h4-10,12,16H,11H2,1-3H3,(H,22,25)/t16-/m1/s1. The Bertz CT molecular complexity index is 963. The van der Waals surface area contributed by atoms with E-state index in [2.05, 4.69) is 10.3 Å². The first kappa shape index (κ1) is 18.4. The number of hydrogen-bond acceptors (Lipinski definition) is 5. The Morgan fingerprint density at radius 2 is 1.89 bits per heavy atom. The minimum absolute atomic E-state index is 0.0148. The molecule has 2 aromatic heterocycles. The van der Waals surface area contributed by atoms with Gasteiger partial charge in [-0.05, 0) is 36.8 Å². The normalized spacial score (nSPS) is 11.8. The lowest BCUT2D eigenvalue weighted by Gasteiger charge is -2.18. The number of hydrogen-bond donors (Lipinski definition) is 1. The molecule has 7 heteroatoms. The van der Waals surface area contributed by atoms with E-state index < -0.39 is 12.0 Å². The molecular weight excluding hydrogens is 346 g/mol. The number of carbonyl (C=O) groups is 2. The van der Waals surface area contributed by atoms with E-state index in [4.69, 9.17) is 9.47 Å². The van der Waals surface area contributed by atoms with Crippen molar-refractivity contribution in [1.82, 2.24) is 14.7 Å². The molecule has 0 aliphatic carbocycles. The molecule has 0 aliphatic heterocycles. The minimum Gasteiger partial charge on any atom is -0.497 e. The molecule has 0 spiro atoms. The number of ether oxygens (including phenoxy) is 2. The molecule has 1 N–H and O–H groups in total. The number of aryl methyl sites for hydroxylation is 1. The lowest BCUT2D eigenvalue weighted by atomic mass is 10.0. The van der Waals surface area contributed by atoms with Gasteiger partial charge in [0.05, 0.1) is 26.7 Å². The number of methoxy groups -OCH3 is 2. The summed E-state index contributed by atoms with van der Waals surface area (Å²) < 4.78 is 11.8. The summed E-state index contributed by atoms with van der Waals surface area (Å²) in [6.07, 6.45) is 1.70. The first-order valence-electron chi connectivity index (χ1n) is 8.48. The van der Waals surface area contributed by atoms with Gasteiger partial charge in [-0.2, -0.15) is 0 Å². The highest BCUT2D eigenvalue weighted by Crippen LogP contribution is 2.21. The van der Waals surface area contributed by atoms with Gasteiger partial charge in [0.2, 0.25) is 0 Å². The van der Waals surface area contributed by atoms with Crippen LogP contribution in [0.1, 0.15) is 34.2 Å². The van der Waals surface area contributed by atoms with Crippen molar-refractivity contribution < 1.29 is 19.1 Å². The molecule has 3 rings (SSSR count). The second kappa shape index (κ2) is 7.90. The van der Waals surface area contributed by atoms with Crippen molar-refractivity contribution in [3.63, 3.8) is 0 Å². The number of imidazole rings is 1. The fourth-order valence-electron chi connectivity index (χ4n) is 2.83. The highest BCUT2D eigenvalue weighted by molar-refractivity contribution is 5.93. The van der Waals surface area contributed by atoms with Crippen molar-refractivity contribution in [3.05, 3.63) is 65.6 Å². The number of esters is 1. The number of pyridine rings is 1. The average molecular weight is 367 g/mol. The zero-order valence-corrected chi connectivity index (χ0v) is 15.4. The summed E-state index contributed by atoms with van der Waals surface area (Å²) in [6.45, 7) is 1.94. The van der Waals surface area contributed by atoms with Crippen molar-refractivity contribution in [2.45, 2.75) is 19.4 Å². The van der Waals surface area contributed by atoms with Crippen molar-refractivity contribution in [2.24, 2.45) is 0 Å². The van der Waals surface area contributed by atoms with Crippen LogP contribution in [-0.2, 0) is 9.53 Å². The van der Waals surface area contributed by atoms with Crippen LogP contribution in [0.4, 0.5) is 0 Å². The molecule has 0 saturated carbocycles.